The van der Waals surface area contributed by atoms with Crippen LogP contribution in [-0.2, 0) is 10.0 Å². The SMILES string of the molecule is CSC1CCC(Nc2cccc(S(=O)(=O)N(C)C)c2N)C1. The number of thioether (sulfide) groups is 1. The Kier molecular flexibility index (Phi) is 5.06. The molecule has 0 heterocycles. The third-order valence-electron chi connectivity index (χ3n) is 3.90. The van der Waals surface area contributed by atoms with Crippen molar-refractivity contribution in [3.63, 3.8) is 0 Å². The van der Waals surface area contributed by atoms with Crippen LogP contribution in [0, 0.1) is 0 Å². The predicted octanol–water partition coefficient (Wildman–Crippen LogP) is 2.22. The number of rotatable bonds is 5. The van der Waals surface area contributed by atoms with Crippen LogP contribution in [0.4, 0.5) is 11.4 Å². The van der Waals surface area contributed by atoms with Crippen LogP contribution in [0.25, 0.3) is 0 Å². The quantitative estimate of drug-likeness (QED) is 0.810. The van der Waals surface area contributed by atoms with Crippen molar-refractivity contribution in [2.45, 2.75) is 35.4 Å². The average Bonchev–Trinajstić information content (AvgIpc) is 2.88. The Bertz CT molecular complexity index is 602. The Morgan fingerprint density at radius 2 is 2.05 bits per heavy atom. The number of sulfonamides is 1. The molecule has 0 spiro atoms. The Morgan fingerprint density at radius 3 is 2.62 bits per heavy atom. The van der Waals surface area contributed by atoms with E-state index in [2.05, 4.69) is 11.6 Å². The zero-order chi connectivity index (χ0) is 15.6. The number of benzene rings is 1. The van der Waals surface area contributed by atoms with Crippen molar-refractivity contribution in [2.75, 3.05) is 31.4 Å². The van der Waals surface area contributed by atoms with E-state index in [1.54, 1.807) is 12.1 Å². The number of anilines is 2. The Morgan fingerprint density at radius 1 is 1.33 bits per heavy atom. The first-order chi connectivity index (χ1) is 9.86. The van der Waals surface area contributed by atoms with Crippen LogP contribution in [0.15, 0.2) is 23.1 Å². The van der Waals surface area contributed by atoms with Gasteiger partial charge in [0.25, 0.3) is 0 Å². The van der Waals surface area contributed by atoms with Gasteiger partial charge in [0.15, 0.2) is 0 Å². The summed E-state index contributed by atoms with van der Waals surface area (Å²) in [6, 6.07) is 5.49. The first kappa shape index (κ1) is 16.5. The van der Waals surface area contributed by atoms with E-state index < -0.39 is 10.0 Å². The van der Waals surface area contributed by atoms with E-state index in [4.69, 9.17) is 5.73 Å². The molecular formula is C14H23N3O2S2. The van der Waals surface area contributed by atoms with Gasteiger partial charge in [0.05, 0.1) is 11.4 Å². The maximum absolute atomic E-state index is 12.3. The Labute approximate surface area is 131 Å². The fourth-order valence-corrected chi connectivity index (χ4v) is 4.43. The van der Waals surface area contributed by atoms with Crippen LogP contribution >= 0.6 is 11.8 Å². The van der Waals surface area contributed by atoms with Gasteiger partial charge < -0.3 is 11.1 Å². The molecule has 0 bridgehead atoms. The van der Waals surface area contributed by atoms with Gasteiger partial charge in [0.2, 0.25) is 10.0 Å². The molecule has 2 rings (SSSR count). The molecule has 1 aliphatic rings. The Balaban J connectivity index is 2.23. The van der Waals surface area contributed by atoms with Gasteiger partial charge in [-0.25, -0.2) is 12.7 Å². The van der Waals surface area contributed by atoms with Gasteiger partial charge in [0.1, 0.15) is 4.90 Å². The molecule has 0 amide bonds. The zero-order valence-electron chi connectivity index (χ0n) is 12.7. The van der Waals surface area contributed by atoms with E-state index >= 15 is 0 Å². The van der Waals surface area contributed by atoms with Crippen LogP contribution in [0.5, 0.6) is 0 Å². The molecule has 1 saturated carbocycles. The lowest BCUT2D eigenvalue weighted by Gasteiger charge is -2.19. The van der Waals surface area contributed by atoms with Gasteiger partial charge in [-0.1, -0.05) is 6.07 Å². The summed E-state index contributed by atoms with van der Waals surface area (Å²) in [5.41, 5.74) is 7.10. The molecule has 2 unspecified atom stereocenters. The average molecular weight is 329 g/mol. The molecule has 1 fully saturated rings. The van der Waals surface area contributed by atoms with Crippen molar-refractivity contribution in [1.82, 2.24) is 4.31 Å². The lowest BCUT2D eigenvalue weighted by Crippen LogP contribution is -2.24. The van der Waals surface area contributed by atoms with Gasteiger partial charge in [0, 0.05) is 25.4 Å². The van der Waals surface area contributed by atoms with Crippen LogP contribution < -0.4 is 11.1 Å². The summed E-state index contributed by atoms with van der Waals surface area (Å²) >= 11 is 1.89. The monoisotopic (exact) mass is 329 g/mol. The summed E-state index contributed by atoms with van der Waals surface area (Å²) < 4.78 is 25.7. The summed E-state index contributed by atoms with van der Waals surface area (Å²) in [4.78, 5) is 0.164. The highest BCUT2D eigenvalue weighted by molar-refractivity contribution is 7.99. The van der Waals surface area contributed by atoms with Crippen molar-refractivity contribution in [3.8, 4) is 0 Å². The number of hydrogen-bond donors (Lipinski definition) is 2. The molecule has 1 aromatic rings. The molecule has 5 nitrogen and oxygen atoms in total. The van der Waals surface area contributed by atoms with Crippen molar-refractivity contribution in [1.29, 1.82) is 0 Å². The second-order valence-corrected chi connectivity index (χ2v) is 8.78. The van der Waals surface area contributed by atoms with Crippen LogP contribution in [-0.4, -0.2) is 44.4 Å². The maximum Gasteiger partial charge on any atom is 0.244 e. The maximum atomic E-state index is 12.3. The highest BCUT2D eigenvalue weighted by Gasteiger charge is 2.26. The molecule has 1 aromatic carbocycles. The molecular weight excluding hydrogens is 306 g/mol. The lowest BCUT2D eigenvalue weighted by atomic mass is 10.2. The first-order valence-electron chi connectivity index (χ1n) is 6.96. The van der Waals surface area contributed by atoms with Gasteiger partial charge in [-0.3, -0.25) is 0 Å². The van der Waals surface area contributed by atoms with Crippen molar-refractivity contribution in [2.24, 2.45) is 0 Å². The molecule has 0 radical (unpaired) electrons. The van der Waals surface area contributed by atoms with Crippen LogP contribution in [0.1, 0.15) is 19.3 Å². The minimum absolute atomic E-state index is 0.164. The summed E-state index contributed by atoms with van der Waals surface area (Å²) in [7, 11) is -0.497. The number of hydrogen-bond acceptors (Lipinski definition) is 5. The number of nitrogens with two attached hydrogens (primary N) is 1. The third kappa shape index (κ3) is 3.46. The van der Waals surface area contributed by atoms with E-state index in [-0.39, 0.29) is 4.90 Å². The van der Waals surface area contributed by atoms with Gasteiger partial charge in [-0.2, -0.15) is 11.8 Å². The Hall–Kier alpha value is -0.920. The van der Waals surface area contributed by atoms with E-state index in [0.29, 0.717) is 22.7 Å². The number of nitrogens with one attached hydrogen (secondary N) is 1. The zero-order valence-corrected chi connectivity index (χ0v) is 14.3. The van der Waals surface area contributed by atoms with E-state index in [0.717, 1.165) is 12.8 Å². The van der Waals surface area contributed by atoms with Gasteiger partial charge in [-0.15, -0.1) is 0 Å². The topological polar surface area (TPSA) is 75.4 Å². The molecule has 0 aromatic heterocycles. The highest BCUT2D eigenvalue weighted by Crippen LogP contribution is 2.33. The fourth-order valence-electron chi connectivity index (χ4n) is 2.60. The van der Waals surface area contributed by atoms with Crippen LogP contribution in [0.2, 0.25) is 0 Å². The minimum Gasteiger partial charge on any atom is -0.396 e. The molecule has 3 N–H and O–H groups in total. The number of nitrogen functional groups attached to an aromatic ring is 1. The van der Waals surface area contributed by atoms with E-state index in [1.165, 1.54) is 24.8 Å². The summed E-state index contributed by atoms with van der Waals surface area (Å²) in [5, 5.41) is 4.08. The normalized spacial score (nSPS) is 22.7. The summed E-state index contributed by atoms with van der Waals surface area (Å²) in [6.45, 7) is 0. The van der Waals surface area contributed by atoms with Crippen molar-refractivity contribution < 1.29 is 8.42 Å². The van der Waals surface area contributed by atoms with Crippen LogP contribution in [0.3, 0.4) is 0 Å². The standard InChI is InChI=1S/C14H23N3O2S2/c1-17(2)21(18,19)13-6-4-5-12(14(13)15)16-10-7-8-11(9-10)20-3/h4-6,10-11,16H,7-9,15H2,1-3H3. The number of nitrogens with zero attached hydrogens (tertiary/aromatic N) is 1. The molecule has 118 valence electrons. The van der Waals surface area contributed by atoms with Gasteiger partial charge >= 0.3 is 0 Å². The van der Waals surface area contributed by atoms with E-state index in [1.807, 2.05) is 17.8 Å². The highest BCUT2D eigenvalue weighted by atomic mass is 32.2. The summed E-state index contributed by atoms with van der Waals surface area (Å²) in [6.07, 6.45) is 5.50. The second-order valence-electron chi connectivity index (χ2n) is 5.52. The third-order valence-corrected chi connectivity index (χ3v) is 6.87. The smallest absolute Gasteiger partial charge is 0.244 e. The molecule has 1 aliphatic carbocycles. The second kappa shape index (κ2) is 6.46. The molecule has 0 aliphatic heterocycles. The summed E-state index contributed by atoms with van der Waals surface area (Å²) in [5.74, 6) is 0. The van der Waals surface area contributed by atoms with Crippen molar-refractivity contribution in [3.05, 3.63) is 18.2 Å². The largest absolute Gasteiger partial charge is 0.396 e. The minimum atomic E-state index is -3.51. The predicted molar refractivity (Wildman–Crippen MR) is 90.3 cm³/mol. The van der Waals surface area contributed by atoms with Gasteiger partial charge in [-0.05, 0) is 37.7 Å². The first-order valence-corrected chi connectivity index (χ1v) is 9.69. The lowest BCUT2D eigenvalue weighted by molar-refractivity contribution is 0.521. The molecule has 0 saturated heterocycles. The van der Waals surface area contributed by atoms with Crippen molar-refractivity contribution >= 4 is 33.2 Å². The fraction of sp³-hybridized carbons (Fsp3) is 0.571. The molecule has 7 heteroatoms. The molecule has 21 heavy (non-hydrogen) atoms. The number of para-hydroxylation sites is 1. The molecule has 2 atom stereocenters. The van der Waals surface area contributed by atoms with E-state index in [9.17, 15) is 8.42 Å².